The average Bonchev–Trinajstić information content (AvgIpc) is 2.19. The molecule has 1 aliphatic rings. The number of rotatable bonds is 4. The second-order valence-electron chi connectivity index (χ2n) is 4.76. The first-order chi connectivity index (χ1) is 7.15. The van der Waals surface area contributed by atoms with Crippen molar-refractivity contribution >= 4 is 5.91 Å². The van der Waals surface area contributed by atoms with Crippen LogP contribution in [0.4, 0.5) is 0 Å². The van der Waals surface area contributed by atoms with Gasteiger partial charge in [-0.05, 0) is 38.8 Å². The van der Waals surface area contributed by atoms with E-state index in [9.17, 15) is 4.79 Å². The summed E-state index contributed by atoms with van der Waals surface area (Å²) in [7, 11) is 0. The summed E-state index contributed by atoms with van der Waals surface area (Å²) in [5.74, 6) is 0.799. The van der Waals surface area contributed by atoms with Gasteiger partial charge in [-0.25, -0.2) is 0 Å². The molecule has 0 atom stereocenters. The predicted molar refractivity (Wildman–Crippen MR) is 62.7 cm³/mol. The average molecular weight is 212 g/mol. The topological polar surface area (TPSA) is 32.3 Å². The molecule has 88 valence electrons. The van der Waals surface area contributed by atoms with Crippen LogP contribution in [0.15, 0.2) is 0 Å². The van der Waals surface area contributed by atoms with E-state index in [0.717, 1.165) is 32.5 Å². The monoisotopic (exact) mass is 212 g/mol. The molecule has 0 aromatic carbocycles. The SMILES string of the molecule is CCN(C(=O)CC(C)C)C1CCNCC1. The molecule has 1 amide bonds. The molecule has 0 unspecified atom stereocenters. The summed E-state index contributed by atoms with van der Waals surface area (Å²) in [6.45, 7) is 9.26. The van der Waals surface area contributed by atoms with Gasteiger partial charge >= 0.3 is 0 Å². The van der Waals surface area contributed by atoms with Gasteiger partial charge in [0.05, 0.1) is 0 Å². The summed E-state index contributed by atoms with van der Waals surface area (Å²) in [6, 6.07) is 0.475. The lowest BCUT2D eigenvalue weighted by Gasteiger charge is -2.34. The number of hydrogen-bond donors (Lipinski definition) is 1. The lowest BCUT2D eigenvalue weighted by Crippen LogP contribution is -2.46. The van der Waals surface area contributed by atoms with E-state index in [4.69, 9.17) is 0 Å². The first-order valence-corrected chi connectivity index (χ1v) is 6.15. The van der Waals surface area contributed by atoms with Crippen molar-refractivity contribution in [3.63, 3.8) is 0 Å². The lowest BCUT2D eigenvalue weighted by atomic mass is 10.0. The maximum absolute atomic E-state index is 12.0. The van der Waals surface area contributed by atoms with Crippen LogP contribution >= 0.6 is 0 Å². The number of nitrogens with one attached hydrogen (secondary N) is 1. The molecule has 1 saturated heterocycles. The molecule has 0 bridgehead atoms. The first-order valence-electron chi connectivity index (χ1n) is 6.15. The maximum atomic E-state index is 12.0. The summed E-state index contributed by atoms with van der Waals surface area (Å²) in [6.07, 6.45) is 2.91. The standard InChI is InChI=1S/C12H24N2O/c1-4-14(12(15)9-10(2)3)11-5-7-13-8-6-11/h10-11,13H,4-9H2,1-3H3. The minimum Gasteiger partial charge on any atom is -0.340 e. The van der Waals surface area contributed by atoms with Crippen molar-refractivity contribution in [2.75, 3.05) is 19.6 Å². The second kappa shape index (κ2) is 6.11. The van der Waals surface area contributed by atoms with Gasteiger partial charge in [0.2, 0.25) is 5.91 Å². The third-order valence-corrected chi connectivity index (χ3v) is 2.99. The van der Waals surface area contributed by atoms with E-state index in [2.05, 4.69) is 31.0 Å². The fraction of sp³-hybridized carbons (Fsp3) is 0.917. The van der Waals surface area contributed by atoms with E-state index in [-0.39, 0.29) is 0 Å². The molecule has 0 spiro atoms. The van der Waals surface area contributed by atoms with E-state index < -0.39 is 0 Å². The number of carbonyl (C=O) groups is 1. The molecule has 3 nitrogen and oxygen atoms in total. The highest BCUT2D eigenvalue weighted by molar-refractivity contribution is 5.76. The van der Waals surface area contributed by atoms with Gasteiger partial charge in [-0.2, -0.15) is 0 Å². The minimum absolute atomic E-state index is 0.333. The Balaban J connectivity index is 2.49. The number of nitrogens with zero attached hydrogens (tertiary/aromatic N) is 1. The van der Waals surface area contributed by atoms with Crippen molar-refractivity contribution in [1.82, 2.24) is 10.2 Å². The van der Waals surface area contributed by atoms with Crippen molar-refractivity contribution in [3.05, 3.63) is 0 Å². The Morgan fingerprint density at radius 2 is 2.00 bits per heavy atom. The fourth-order valence-electron chi connectivity index (χ4n) is 2.22. The molecule has 1 fully saturated rings. The maximum Gasteiger partial charge on any atom is 0.223 e. The van der Waals surface area contributed by atoms with Crippen molar-refractivity contribution in [2.45, 2.75) is 46.1 Å². The summed E-state index contributed by atoms with van der Waals surface area (Å²) in [5, 5.41) is 3.34. The zero-order valence-electron chi connectivity index (χ0n) is 10.3. The summed E-state index contributed by atoms with van der Waals surface area (Å²) < 4.78 is 0. The van der Waals surface area contributed by atoms with Crippen LogP contribution in [0.2, 0.25) is 0 Å². The Hall–Kier alpha value is -0.570. The number of hydrogen-bond acceptors (Lipinski definition) is 2. The second-order valence-corrected chi connectivity index (χ2v) is 4.76. The highest BCUT2D eigenvalue weighted by atomic mass is 16.2. The Morgan fingerprint density at radius 3 is 2.47 bits per heavy atom. The summed E-state index contributed by atoms with van der Waals surface area (Å²) in [5.41, 5.74) is 0. The van der Waals surface area contributed by atoms with Crippen molar-refractivity contribution in [1.29, 1.82) is 0 Å². The van der Waals surface area contributed by atoms with E-state index >= 15 is 0 Å². The van der Waals surface area contributed by atoms with Crippen LogP contribution in [0.5, 0.6) is 0 Å². The lowest BCUT2D eigenvalue weighted by molar-refractivity contribution is -0.134. The van der Waals surface area contributed by atoms with Gasteiger partial charge in [0.15, 0.2) is 0 Å². The molecule has 1 aliphatic heterocycles. The van der Waals surface area contributed by atoms with Crippen LogP contribution in [0.1, 0.15) is 40.0 Å². The van der Waals surface area contributed by atoms with E-state index in [1.165, 1.54) is 0 Å². The first kappa shape index (κ1) is 12.5. The van der Waals surface area contributed by atoms with Crippen LogP contribution < -0.4 is 5.32 Å². The van der Waals surface area contributed by atoms with Gasteiger partial charge < -0.3 is 10.2 Å². The molecule has 1 N–H and O–H groups in total. The van der Waals surface area contributed by atoms with E-state index in [0.29, 0.717) is 24.3 Å². The quantitative estimate of drug-likeness (QED) is 0.768. The molecular weight excluding hydrogens is 188 g/mol. The van der Waals surface area contributed by atoms with Gasteiger partial charge in [0.1, 0.15) is 0 Å². The van der Waals surface area contributed by atoms with Crippen LogP contribution in [0, 0.1) is 5.92 Å². The molecule has 15 heavy (non-hydrogen) atoms. The molecule has 0 aliphatic carbocycles. The van der Waals surface area contributed by atoms with Crippen LogP contribution in [0.25, 0.3) is 0 Å². The van der Waals surface area contributed by atoms with Crippen LogP contribution in [-0.2, 0) is 4.79 Å². The largest absolute Gasteiger partial charge is 0.340 e. The van der Waals surface area contributed by atoms with E-state index in [1.54, 1.807) is 0 Å². The van der Waals surface area contributed by atoms with Crippen LogP contribution in [0.3, 0.4) is 0 Å². The Morgan fingerprint density at radius 1 is 1.40 bits per heavy atom. The fourth-order valence-corrected chi connectivity index (χ4v) is 2.22. The minimum atomic E-state index is 0.333. The predicted octanol–water partition coefficient (Wildman–Crippen LogP) is 1.63. The van der Waals surface area contributed by atoms with Gasteiger partial charge in [0.25, 0.3) is 0 Å². The van der Waals surface area contributed by atoms with Crippen molar-refractivity contribution in [2.24, 2.45) is 5.92 Å². The van der Waals surface area contributed by atoms with Gasteiger partial charge in [-0.15, -0.1) is 0 Å². The zero-order chi connectivity index (χ0) is 11.3. The van der Waals surface area contributed by atoms with Gasteiger partial charge in [-0.1, -0.05) is 13.8 Å². The highest BCUT2D eigenvalue weighted by Gasteiger charge is 2.23. The Kier molecular flexibility index (Phi) is 5.09. The summed E-state index contributed by atoms with van der Waals surface area (Å²) >= 11 is 0. The molecule has 0 radical (unpaired) electrons. The normalized spacial score (nSPS) is 18.1. The molecule has 3 heteroatoms. The number of piperidine rings is 1. The number of carbonyl (C=O) groups excluding carboxylic acids is 1. The van der Waals surface area contributed by atoms with E-state index in [1.807, 2.05) is 0 Å². The zero-order valence-corrected chi connectivity index (χ0v) is 10.3. The molecule has 1 rings (SSSR count). The third kappa shape index (κ3) is 3.82. The highest BCUT2D eigenvalue weighted by Crippen LogP contribution is 2.14. The number of amides is 1. The van der Waals surface area contributed by atoms with Crippen molar-refractivity contribution < 1.29 is 4.79 Å². The smallest absolute Gasteiger partial charge is 0.223 e. The Labute approximate surface area is 93.2 Å². The third-order valence-electron chi connectivity index (χ3n) is 2.99. The van der Waals surface area contributed by atoms with Crippen molar-refractivity contribution in [3.8, 4) is 0 Å². The molecule has 0 aromatic rings. The molecule has 1 heterocycles. The summed E-state index contributed by atoms with van der Waals surface area (Å²) in [4.78, 5) is 14.1. The van der Waals surface area contributed by atoms with Crippen LogP contribution in [-0.4, -0.2) is 36.5 Å². The molecule has 0 saturated carbocycles. The van der Waals surface area contributed by atoms with Gasteiger partial charge in [-0.3, -0.25) is 4.79 Å². The Bertz CT molecular complexity index is 198. The molecular formula is C12H24N2O. The molecule has 0 aromatic heterocycles. The van der Waals surface area contributed by atoms with Gasteiger partial charge in [0, 0.05) is 19.0 Å².